The summed E-state index contributed by atoms with van der Waals surface area (Å²) >= 11 is 0. The van der Waals surface area contributed by atoms with Crippen LogP contribution in [-0.2, 0) is 4.74 Å². The van der Waals surface area contributed by atoms with Gasteiger partial charge in [0.1, 0.15) is 0 Å². The first-order chi connectivity index (χ1) is 4.93. The van der Waals surface area contributed by atoms with E-state index in [2.05, 4.69) is 0 Å². The van der Waals surface area contributed by atoms with E-state index in [4.69, 9.17) is 9.84 Å². The van der Waals surface area contributed by atoms with Gasteiger partial charge in [0.2, 0.25) is 0 Å². The van der Waals surface area contributed by atoms with Crippen LogP contribution in [0.1, 0.15) is 32.1 Å². The maximum absolute atomic E-state index is 8.63. The van der Waals surface area contributed by atoms with Crippen molar-refractivity contribution in [3.8, 4) is 0 Å². The van der Waals surface area contributed by atoms with E-state index in [-0.39, 0.29) is 6.61 Å². The van der Waals surface area contributed by atoms with E-state index in [0.29, 0.717) is 6.10 Å². The minimum atomic E-state index is 0.269. The third kappa shape index (κ3) is 2.67. The molecule has 1 N–H and O–H groups in total. The van der Waals surface area contributed by atoms with Crippen molar-refractivity contribution in [1.82, 2.24) is 0 Å². The van der Waals surface area contributed by atoms with Gasteiger partial charge < -0.3 is 9.84 Å². The lowest BCUT2D eigenvalue weighted by atomic mass is 10.1. The van der Waals surface area contributed by atoms with Gasteiger partial charge in [-0.1, -0.05) is 12.8 Å². The lowest BCUT2D eigenvalue weighted by Crippen LogP contribution is -2.12. The Kier molecular flexibility index (Phi) is 3.76. The Balaban J connectivity index is 2.15. The third-order valence-electron chi connectivity index (χ3n) is 1.98. The summed E-state index contributed by atoms with van der Waals surface area (Å²) in [6.07, 6.45) is 6.06. The number of hydrogen-bond acceptors (Lipinski definition) is 2. The second-order valence-electron chi connectivity index (χ2n) is 2.85. The van der Waals surface area contributed by atoms with E-state index < -0.39 is 0 Å². The predicted octanol–water partition coefficient (Wildman–Crippen LogP) is 1.33. The van der Waals surface area contributed by atoms with E-state index in [9.17, 15) is 0 Å². The smallest absolute Gasteiger partial charge is 0.0597 e. The molecular formula is C8H16O2. The van der Waals surface area contributed by atoms with Gasteiger partial charge >= 0.3 is 0 Å². The fourth-order valence-electron chi connectivity index (χ4n) is 1.36. The topological polar surface area (TPSA) is 29.5 Å². The first-order valence-electron chi connectivity index (χ1n) is 4.16. The first kappa shape index (κ1) is 8.02. The van der Waals surface area contributed by atoms with E-state index >= 15 is 0 Å². The average Bonchev–Trinajstić information content (AvgIpc) is 2.17. The van der Waals surface area contributed by atoms with Crippen LogP contribution in [0.15, 0.2) is 0 Å². The fourth-order valence-corrected chi connectivity index (χ4v) is 1.36. The summed E-state index contributed by atoms with van der Waals surface area (Å²) in [5.41, 5.74) is 0. The maximum atomic E-state index is 8.63. The summed E-state index contributed by atoms with van der Waals surface area (Å²) in [7, 11) is 0. The second-order valence-corrected chi connectivity index (χ2v) is 2.85. The van der Waals surface area contributed by atoms with Crippen molar-refractivity contribution in [3.05, 3.63) is 0 Å². The maximum Gasteiger partial charge on any atom is 0.0597 e. The number of rotatable bonds is 2. The molecule has 0 bridgehead atoms. The summed E-state index contributed by atoms with van der Waals surface area (Å²) in [6, 6.07) is 0. The van der Waals surface area contributed by atoms with Crippen molar-refractivity contribution >= 4 is 0 Å². The highest BCUT2D eigenvalue weighted by atomic mass is 16.5. The summed E-state index contributed by atoms with van der Waals surface area (Å²) in [5.74, 6) is 0. The van der Waals surface area contributed by atoms with Crippen molar-refractivity contribution in [3.63, 3.8) is 0 Å². The summed E-state index contributed by atoms with van der Waals surface area (Å²) in [6.45, 7) is 1.16. The van der Waals surface area contributed by atoms with Crippen LogP contribution in [-0.4, -0.2) is 24.4 Å². The Bertz CT molecular complexity index is 75.3. The Morgan fingerprint density at radius 2 is 2.20 bits per heavy atom. The standard InChI is InChI=1S/C8H16O2/c9-6-5-8-4-2-1-3-7-10-8/h8-9H,1-7H2. The van der Waals surface area contributed by atoms with Gasteiger partial charge in [-0.05, 0) is 19.3 Å². The SMILES string of the molecule is OCCC1CCCCCO1. The quantitative estimate of drug-likeness (QED) is 0.633. The van der Waals surface area contributed by atoms with Gasteiger partial charge in [-0.2, -0.15) is 0 Å². The minimum absolute atomic E-state index is 0.269. The predicted molar refractivity (Wildman–Crippen MR) is 39.9 cm³/mol. The molecule has 2 heteroatoms. The molecule has 1 fully saturated rings. The molecule has 1 aliphatic heterocycles. The molecular weight excluding hydrogens is 128 g/mol. The molecule has 0 aromatic carbocycles. The summed E-state index contributed by atoms with van der Waals surface area (Å²) in [5, 5.41) is 8.63. The van der Waals surface area contributed by atoms with Crippen LogP contribution in [0, 0.1) is 0 Å². The van der Waals surface area contributed by atoms with E-state index in [1.165, 1.54) is 19.3 Å². The van der Waals surface area contributed by atoms with Crippen molar-refractivity contribution in [1.29, 1.82) is 0 Å². The zero-order valence-corrected chi connectivity index (χ0v) is 6.38. The fraction of sp³-hybridized carbons (Fsp3) is 1.00. The molecule has 60 valence electrons. The Morgan fingerprint density at radius 1 is 1.30 bits per heavy atom. The van der Waals surface area contributed by atoms with Crippen LogP contribution in [0.4, 0.5) is 0 Å². The molecule has 0 aliphatic carbocycles. The molecule has 0 aromatic heterocycles. The normalized spacial score (nSPS) is 27.9. The molecule has 2 nitrogen and oxygen atoms in total. The van der Waals surface area contributed by atoms with Crippen LogP contribution in [0.3, 0.4) is 0 Å². The van der Waals surface area contributed by atoms with Crippen LogP contribution >= 0.6 is 0 Å². The van der Waals surface area contributed by atoms with Gasteiger partial charge in [-0.25, -0.2) is 0 Å². The minimum Gasteiger partial charge on any atom is -0.396 e. The molecule has 0 amide bonds. The molecule has 1 unspecified atom stereocenters. The van der Waals surface area contributed by atoms with Gasteiger partial charge in [0.25, 0.3) is 0 Å². The number of ether oxygens (including phenoxy) is 1. The van der Waals surface area contributed by atoms with Gasteiger partial charge in [0, 0.05) is 13.2 Å². The van der Waals surface area contributed by atoms with Gasteiger partial charge in [0.05, 0.1) is 6.10 Å². The highest BCUT2D eigenvalue weighted by Gasteiger charge is 2.10. The Labute approximate surface area is 62.2 Å². The number of aliphatic hydroxyl groups excluding tert-OH is 1. The lowest BCUT2D eigenvalue weighted by Gasteiger charge is -2.12. The molecule has 0 saturated carbocycles. The van der Waals surface area contributed by atoms with Crippen molar-refractivity contribution < 1.29 is 9.84 Å². The van der Waals surface area contributed by atoms with Crippen molar-refractivity contribution in [2.24, 2.45) is 0 Å². The number of hydrogen-bond donors (Lipinski definition) is 1. The summed E-state index contributed by atoms with van der Waals surface area (Å²) in [4.78, 5) is 0. The van der Waals surface area contributed by atoms with E-state index in [0.717, 1.165) is 19.4 Å². The van der Waals surface area contributed by atoms with Crippen molar-refractivity contribution in [2.45, 2.75) is 38.2 Å². The lowest BCUT2D eigenvalue weighted by molar-refractivity contribution is 0.0406. The second kappa shape index (κ2) is 4.69. The molecule has 1 atom stereocenters. The molecule has 1 rings (SSSR count). The number of aliphatic hydroxyl groups is 1. The highest BCUT2D eigenvalue weighted by Crippen LogP contribution is 2.14. The third-order valence-corrected chi connectivity index (χ3v) is 1.98. The van der Waals surface area contributed by atoms with Gasteiger partial charge in [0.15, 0.2) is 0 Å². The van der Waals surface area contributed by atoms with Crippen LogP contribution in [0.25, 0.3) is 0 Å². The monoisotopic (exact) mass is 144 g/mol. The van der Waals surface area contributed by atoms with Gasteiger partial charge in [-0.3, -0.25) is 0 Å². The zero-order chi connectivity index (χ0) is 7.23. The molecule has 0 radical (unpaired) electrons. The molecule has 0 aromatic rings. The Hall–Kier alpha value is -0.0800. The zero-order valence-electron chi connectivity index (χ0n) is 6.38. The first-order valence-corrected chi connectivity index (χ1v) is 4.16. The van der Waals surface area contributed by atoms with Gasteiger partial charge in [-0.15, -0.1) is 0 Å². The van der Waals surface area contributed by atoms with Crippen LogP contribution < -0.4 is 0 Å². The van der Waals surface area contributed by atoms with Crippen LogP contribution in [0.5, 0.6) is 0 Å². The summed E-state index contributed by atoms with van der Waals surface area (Å²) < 4.78 is 5.48. The van der Waals surface area contributed by atoms with E-state index in [1.807, 2.05) is 0 Å². The molecule has 1 saturated heterocycles. The molecule has 0 spiro atoms. The van der Waals surface area contributed by atoms with Crippen molar-refractivity contribution in [2.75, 3.05) is 13.2 Å². The molecule has 1 aliphatic rings. The van der Waals surface area contributed by atoms with Crippen LogP contribution in [0.2, 0.25) is 0 Å². The highest BCUT2D eigenvalue weighted by molar-refractivity contribution is 4.61. The average molecular weight is 144 g/mol. The van der Waals surface area contributed by atoms with E-state index in [1.54, 1.807) is 0 Å². The largest absolute Gasteiger partial charge is 0.396 e. The molecule has 1 heterocycles. The molecule has 10 heavy (non-hydrogen) atoms. The Morgan fingerprint density at radius 3 is 3.00 bits per heavy atom.